The van der Waals surface area contributed by atoms with E-state index in [1.807, 2.05) is 31.2 Å². The highest BCUT2D eigenvalue weighted by Gasteiger charge is 2.19. The summed E-state index contributed by atoms with van der Waals surface area (Å²) in [6, 6.07) is 13.7. The van der Waals surface area contributed by atoms with E-state index >= 15 is 0 Å². The number of ether oxygens (including phenoxy) is 1. The second-order valence-corrected chi connectivity index (χ2v) is 5.39. The van der Waals surface area contributed by atoms with Crippen molar-refractivity contribution < 1.29 is 13.9 Å². The number of carbonyl (C=O) groups excluding carboxylic acids is 1. The monoisotopic (exact) mass is 301 g/mol. The van der Waals surface area contributed by atoms with Gasteiger partial charge in [-0.2, -0.15) is 0 Å². The number of likely N-dealkylation sites (N-methyl/N-ethyl adjacent to an activating group) is 1. The Hall–Kier alpha value is -2.36. The average Bonchev–Trinajstić information content (AvgIpc) is 2.51. The van der Waals surface area contributed by atoms with Gasteiger partial charge in [0.25, 0.3) is 5.91 Å². The number of aryl methyl sites for hydroxylation is 1. The smallest absolute Gasteiger partial charge is 0.263 e. The molecule has 0 aliphatic heterocycles. The summed E-state index contributed by atoms with van der Waals surface area (Å²) in [6.07, 6.45) is -0.624. The maximum atomic E-state index is 12.9. The third-order valence-electron chi connectivity index (χ3n) is 3.39. The van der Waals surface area contributed by atoms with Gasteiger partial charge >= 0.3 is 0 Å². The van der Waals surface area contributed by atoms with Gasteiger partial charge in [0.2, 0.25) is 0 Å². The molecule has 3 nitrogen and oxygen atoms in total. The van der Waals surface area contributed by atoms with Crippen LogP contribution < -0.4 is 4.74 Å². The van der Waals surface area contributed by atoms with E-state index in [0.29, 0.717) is 12.3 Å². The van der Waals surface area contributed by atoms with Crippen molar-refractivity contribution in [2.24, 2.45) is 0 Å². The van der Waals surface area contributed by atoms with E-state index in [9.17, 15) is 9.18 Å². The Morgan fingerprint density at radius 1 is 1.14 bits per heavy atom. The summed E-state index contributed by atoms with van der Waals surface area (Å²) >= 11 is 0. The molecule has 0 bridgehead atoms. The van der Waals surface area contributed by atoms with Crippen LogP contribution in [0.1, 0.15) is 18.1 Å². The molecule has 116 valence electrons. The lowest BCUT2D eigenvalue weighted by Gasteiger charge is -2.22. The molecule has 0 aromatic heterocycles. The summed E-state index contributed by atoms with van der Waals surface area (Å²) in [5.41, 5.74) is 2.25. The van der Waals surface area contributed by atoms with E-state index in [4.69, 9.17) is 4.74 Å². The minimum Gasteiger partial charge on any atom is -0.481 e. The van der Waals surface area contributed by atoms with Crippen LogP contribution in [0.3, 0.4) is 0 Å². The Bertz CT molecular complexity index is 567. The molecule has 0 radical (unpaired) electrons. The number of rotatable bonds is 5. The number of hydrogen-bond donors (Lipinski definition) is 0. The quantitative estimate of drug-likeness (QED) is 0.845. The molecule has 1 atom stereocenters. The summed E-state index contributed by atoms with van der Waals surface area (Å²) in [7, 11) is 1.74. The molecule has 0 heterocycles. The minimum atomic E-state index is -0.624. The van der Waals surface area contributed by atoms with Crippen LogP contribution in [-0.4, -0.2) is 24.0 Å². The van der Waals surface area contributed by atoms with Crippen molar-refractivity contribution in [2.75, 3.05) is 7.05 Å². The summed E-state index contributed by atoms with van der Waals surface area (Å²) in [5, 5.41) is 0. The molecule has 22 heavy (non-hydrogen) atoms. The first-order chi connectivity index (χ1) is 10.5. The second-order valence-electron chi connectivity index (χ2n) is 5.39. The highest BCUT2D eigenvalue weighted by Crippen LogP contribution is 2.14. The molecule has 2 aromatic carbocycles. The number of benzene rings is 2. The number of amides is 1. The zero-order chi connectivity index (χ0) is 16.1. The first kappa shape index (κ1) is 16.0. The lowest BCUT2D eigenvalue weighted by atomic mass is 10.1. The van der Waals surface area contributed by atoms with Crippen molar-refractivity contribution in [1.82, 2.24) is 4.90 Å². The lowest BCUT2D eigenvalue weighted by molar-refractivity contribution is -0.137. The number of halogens is 1. The average molecular weight is 301 g/mol. The zero-order valence-corrected chi connectivity index (χ0v) is 13.0. The summed E-state index contributed by atoms with van der Waals surface area (Å²) < 4.78 is 18.4. The van der Waals surface area contributed by atoms with Gasteiger partial charge in [0.1, 0.15) is 11.6 Å². The fourth-order valence-electron chi connectivity index (χ4n) is 2.12. The zero-order valence-electron chi connectivity index (χ0n) is 13.0. The summed E-state index contributed by atoms with van der Waals surface area (Å²) in [6.45, 7) is 4.24. The Morgan fingerprint density at radius 2 is 1.73 bits per heavy atom. The number of nitrogens with zero attached hydrogens (tertiary/aromatic N) is 1. The van der Waals surface area contributed by atoms with Crippen molar-refractivity contribution >= 4 is 5.91 Å². The Labute approximate surface area is 130 Å². The predicted octanol–water partition coefficient (Wildman–Crippen LogP) is 3.56. The van der Waals surface area contributed by atoms with E-state index in [2.05, 4.69) is 0 Å². The molecule has 0 saturated heterocycles. The molecule has 0 aliphatic carbocycles. The fourth-order valence-corrected chi connectivity index (χ4v) is 2.12. The van der Waals surface area contributed by atoms with Gasteiger partial charge in [-0.05, 0) is 43.7 Å². The summed E-state index contributed by atoms with van der Waals surface area (Å²) in [5.74, 6) is 0.0266. The topological polar surface area (TPSA) is 29.5 Å². The van der Waals surface area contributed by atoms with Crippen LogP contribution in [0.15, 0.2) is 48.5 Å². The van der Waals surface area contributed by atoms with Gasteiger partial charge in [0.15, 0.2) is 6.10 Å². The van der Waals surface area contributed by atoms with Gasteiger partial charge in [-0.15, -0.1) is 0 Å². The van der Waals surface area contributed by atoms with Gasteiger partial charge in [0, 0.05) is 13.6 Å². The molecule has 1 unspecified atom stereocenters. The lowest BCUT2D eigenvalue weighted by Crippen LogP contribution is -2.37. The summed E-state index contributed by atoms with van der Waals surface area (Å²) in [4.78, 5) is 13.9. The molecule has 0 N–H and O–H groups in total. The molecule has 2 rings (SSSR count). The Morgan fingerprint density at radius 3 is 2.32 bits per heavy atom. The van der Waals surface area contributed by atoms with Gasteiger partial charge in [0.05, 0.1) is 0 Å². The third-order valence-corrected chi connectivity index (χ3v) is 3.39. The highest BCUT2D eigenvalue weighted by atomic mass is 19.1. The normalized spacial score (nSPS) is 11.8. The molecule has 2 aromatic rings. The molecular formula is C18H20FNO2. The number of hydrogen-bond acceptors (Lipinski definition) is 2. The van der Waals surface area contributed by atoms with Crippen molar-refractivity contribution in [1.29, 1.82) is 0 Å². The van der Waals surface area contributed by atoms with Crippen LogP contribution in [0.4, 0.5) is 4.39 Å². The van der Waals surface area contributed by atoms with Crippen LogP contribution in [0, 0.1) is 12.7 Å². The number of carbonyl (C=O) groups is 1. The largest absolute Gasteiger partial charge is 0.481 e. The third kappa shape index (κ3) is 4.32. The first-order valence-corrected chi connectivity index (χ1v) is 7.18. The molecular weight excluding hydrogens is 281 g/mol. The molecule has 0 saturated carbocycles. The van der Waals surface area contributed by atoms with E-state index in [-0.39, 0.29) is 11.7 Å². The van der Waals surface area contributed by atoms with Gasteiger partial charge in [-0.25, -0.2) is 4.39 Å². The van der Waals surface area contributed by atoms with Gasteiger partial charge in [-0.3, -0.25) is 4.79 Å². The minimum absolute atomic E-state index is 0.120. The molecule has 0 aliphatic rings. The van der Waals surface area contributed by atoms with Gasteiger partial charge < -0.3 is 9.64 Å². The first-order valence-electron chi connectivity index (χ1n) is 7.18. The van der Waals surface area contributed by atoms with E-state index in [0.717, 1.165) is 5.56 Å². The van der Waals surface area contributed by atoms with Crippen LogP contribution >= 0.6 is 0 Å². The molecule has 0 fully saturated rings. The maximum Gasteiger partial charge on any atom is 0.263 e. The van der Waals surface area contributed by atoms with Crippen molar-refractivity contribution in [3.8, 4) is 5.75 Å². The van der Waals surface area contributed by atoms with Crippen molar-refractivity contribution in [3.63, 3.8) is 0 Å². The van der Waals surface area contributed by atoms with Gasteiger partial charge in [-0.1, -0.05) is 29.8 Å². The van der Waals surface area contributed by atoms with E-state index in [1.165, 1.54) is 29.8 Å². The maximum absolute atomic E-state index is 12.9. The van der Waals surface area contributed by atoms with Crippen molar-refractivity contribution in [2.45, 2.75) is 26.5 Å². The molecule has 0 spiro atoms. The van der Waals surface area contributed by atoms with Crippen LogP contribution in [0.2, 0.25) is 0 Å². The highest BCUT2D eigenvalue weighted by molar-refractivity contribution is 5.80. The molecule has 1 amide bonds. The van der Waals surface area contributed by atoms with Crippen LogP contribution in [0.25, 0.3) is 0 Å². The van der Waals surface area contributed by atoms with E-state index in [1.54, 1.807) is 18.9 Å². The SMILES string of the molecule is Cc1ccc(CN(C)C(=O)C(C)Oc2ccc(F)cc2)cc1. The van der Waals surface area contributed by atoms with Crippen LogP contribution in [-0.2, 0) is 11.3 Å². The molecule has 4 heteroatoms. The van der Waals surface area contributed by atoms with Crippen molar-refractivity contribution in [3.05, 3.63) is 65.5 Å². The Kier molecular flexibility index (Phi) is 5.15. The fraction of sp³-hybridized carbons (Fsp3) is 0.278. The second kappa shape index (κ2) is 7.07. The van der Waals surface area contributed by atoms with E-state index < -0.39 is 6.10 Å². The standard InChI is InChI=1S/C18H20FNO2/c1-13-4-6-15(7-5-13)12-20(3)18(21)14(2)22-17-10-8-16(19)9-11-17/h4-11,14H,12H2,1-3H3. The van der Waals surface area contributed by atoms with Crippen LogP contribution in [0.5, 0.6) is 5.75 Å². The predicted molar refractivity (Wildman–Crippen MR) is 84.1 cm³/mol. The Balaban J connectivity index is 1.94.